The summed E-state index contributed by atoms with van der Waals surface area (Å²) in [6.07, 6.45) is 2.76. The van der Waals surface area contributed by atoms with E-state index in [4.69, 9.17) is 0 Å². The summed E-state index contributed by atoms with van der Waals surface area (Å²) in [4.78, 5) is 27.2. The van der Waals surface area contributed by atoms with Gasteiger partial charge in [0.1, 0.15) is 0 Å². The van der Waals surface area contributed by atoms with Crippen LogP contribution >= 0.6 is 0 Å². The predicted molar refractivity (Wildman–Crippen MR) is 86.0 cm³/mol. The van der Waals surface area contributed by atoms with Crippen LogP contribution in [0.2, 0.25) is 0 Å². The maximum Gasteiger partial charge on any atom is 0.328 e. The van der Waals surface area contributed by atoms with Crippen LogP contribution in [0, 0.1) is 0 Å². The molecule has 22 heavy (non-hydrogen) atoms. The van der Waals surface area contributed by atoms with Gasteiger partial charge in [0.2, 0.25) is 5.91 Å². The minimum absolute atomic E-state index is 0.194. The molecule has 2 aliphatic heterocycles. The summed E-state index contributed by atoms with van der Waals surface area (Å²) in [5.41, 5.74) is 2.22. The summed E-state index contributed by atoms with van der Waals surface area (Å²) in [6.45, 7) is 6.13. The number of urea groups is 1. The zero-order valence-electron chi connectivity index (χ0n) is 13.0. The molecule has 3 amide bonds. The highest BCUT2D eigenvalue weighted by molar-refractivity contribution is 6.05. The van der Waals surface area contributed by atoms with E-state index in [-0.39, 0.29) is 11.9 Å². The first-order valence-electron chi connectivity index (χ1n) is 8.11. The molecule has 0 bridgehead atoms. The van der Waals surface area contributed by atoms with Crippen molar-refractivity contribution in [3.8, 4) is 0 Å². The summed E-state index contributed by atoms with van der Waals surface area (Å²) in [7, 11) is 0. The van der Waals surface area contributed by atoms with Gasteiger partial charge in [0.05, 0.1) is 0 Å². The lowest BCUT2D eigenvalue weighted by Gasteiger charge is -2.31. The van der Waals surface area contributed by atoms with Crippen LogP contribution < -0.4 is 10.2 Å². The molecule has 5 nitrogen and oxygen atoms in total. The Morgan fingerprint density at radius 1 is 1.09 bits per heavy atom. The molecule has 0 radical (unpaired) electrons. The van der Waals surface area contributed by atoms with Crippen LogP contribution in [-0.2, 0) is 4.79 Å². The molecular weight excluding hydrogens is 278 g/mol. The van der Waals surface area contributed by atoms with Crippen molar-refractivity contribution in [3.05, 3.63) is 29.8 Å². The standard InChI is InChI=1S/C17H23N3O2/c1-2-19-10-7-14(8-11-19)13-3-5-15(6-4-13)20-12-9-16(21)18-17(20)22/h3-6,14H,2,7-12H2,1H3,(H,18,21,22). The third-order valence-electron chi connectivity index (χ3n) is 4.76. The van der Waals surface area contributed by atoms with Gasteiger partial charge in [0.15, 0.2) is 0 Å². The monoisotopic (exact) mass is 301 g/mol. The lowest BCUT2D eigenvalue weighted by molar-refractivity contribution is -0.120. The second-order valence-corrected chi connectivity index (χ2v) is 6.06. The first-order chi connectivity index (χ1) is 10.7. The molecule has 0 unspecified atom stereocenters. The van der Waals surface area contributed by atoms with E-state index in [2.05, 4.69) is 29.3 Å². The molecule has 1 aromatic rings. The Balaban J connectivity index is 1.65. The second-order valence-electron chi connectivity index (χ2n) is 6.06. The number of rotatable bonds is 3. The quantitative estimate of drug-likeness (QED) is 0.932. The third-order valence-corrected chi connectivity index (χ3v) is 4.76. The van der Waals surface area contributed by atoms with Crippen LogP contribution in [0.15, 0.2) is 24.3 Å². The molecule has 118 valence electrons. The van der Waals surface area contributed by atoms with Gasteiger partial charge in [0, 0.05) is 18.7 Å². The van der Waals surface area contributed by atoms with Gasteiger partial charge in [-0.15, -0.1) is 0 Å². The minimum Gasteiger partial charge on any atom is -0.304 e. The Morgan fingerprint density at radius 3 is 2.36 bits per heavy atom. The summed E-state index contributed by atoms with van der Waals surface area (Å²) >= 11 is 0. The number of hydrogen-bond donors (Lipinski definition) is 1. The van der Waals surface area contributed by atoms with E-state index in [0.717, 1.165) is 12.2 Å². The zero-order chi connectivity index (χ0) is 15.5. The molecule has 0 aliphatic carbocycles. The number of carbonyl (C=O) groups excluding carboxylic acids is 2. The first-order valence-corrected chi connectivity index (χ1v) is 8.11. The molecular formula is C17H23N3O2. The fourth-order valence-corrected chi connectivity index (χ4v) is 3.32. The van der Waals surface area contributed by atoms with Gasteiger partial charge in [-0.1, -0.05) is 19.1 Å². The highest BCUT2D eigenvalue weighted by Crippen LogP contribution is 2.29. The van der Waals surface area contributed by atoms with E-state index < -0.39 is 0 Å². The highest BCUT2D eigenvalue weighted by Gasteiger charge is 2.24. The number of piperidine rings is 1. The van der Waals surface area contributed by atoms with E-state index >= 15 is 0 Å². The van der Waals surface area contributed by atoms with Crippen molar-refractivity contribution in [3.63, 3.8) is 0 Å². The Hall–Kier alpha value is -1.88. The normalized spacial score (nSPS) is 21.0. The van der Waals surface area contributed by atoms with Crippen molar-refractivity contribution in [2.75, 3.05) is 31.1 Å². The number of benzene rings is 1. The Morgan fingerprint density at radius 2 is 1.77 bits per heavy atom. The summed E-state index contributed by atoms with van der Waals surface area (Å²) < 4.78 is 0. The zero-order valence-corrected chi connectivity index (χ0v) is 13.0. The molecule has 1 N–H and O–H groups in total. The van der Waals surface area contributed by atoms with E-state index in [1.54, 1.807) is 4.90 Å². The van der Waals surface area contributed by atoms with Crippen molar-refractivity contribution in [1.82, 2.24) is 10.2 Å². The van der Waals surface area contributed by atoms with Gasteiger partial charge in [-0.2, -0.15) is 0 Å². The topological polar surface area (TPSA) is 52.6 Å². The van der Waals surface area contributed by atoms with Gasteiger partial charge in [0.25, 0.3) is 0 Å². The van der Waals surface area contributed by atoms with Crippen LogP contribution in [0.5, 0.6) is 0 Å². The van der Waals surface area contributed by atoms with Crippen molar-refractivity contribution in [2.45, 2.75) is 32.1 Å². The van der Waals surface area contributed by atoms with Crippen molar-refractivity contribution in [2.24, 2.45) is 0 Å². The number of amides is 3. The molecule has 0 saturated carbocycles. The lowest BCUT2D eigenvalue weighted by atomic mass is 9.89. The Kier molecular flexibility index (Phi) is 4.43. The molecule has 2 aliphatic rings. The number of imide groups is 1. The van der Waals surface area contributed by atoms with Crippen LogP contribution in [-0.4, -0.2) is 43.0 Å². The van der Waals surface area contributed by atoms with Crippen molar-refractivity contribution >= 4 is 17.6 Å². The fourth-order valence-electron chi connectivity index (χ4n) is 3.32. The smallest absolute Gasteiger partial charge is 0.304 e. The molecule has 1 aromatic carbocycles. The molecule has 2 saturated heterocycles. The first kappa shape index (κ1) is 15.0. The van der Waals surface area contributed by atoms with Gasteiger partial charge in [-0.05, 0) is 56.1 Å². The van der Waals surface area contributed by atoms with Crippen LogP contribution in [0.25, 0.3) is 0 Å². The minimum atomic E-state index is -0.319. The number of carbonyl (C=O) groups is 2. The van der Waals surface area contributed by atoms with Gasteiger partial charge in [-0.3, -0.25) is 15.0 Å². The number of anilines is 1. The third kappa shape index (κ3) is 3.14. The summed E-state index contributed by atoms with van der Waals surface area (Å²) in [5.74, 6) is 0.425. The number of hydrogen-bond acceptors (Lipinski definition) is 3. The van der Waals surface area contributed by atoms with Gasteiger partial charge >= 0.3 is 6.03 Å². The Labute approximate surface area is 131 Å². The molecule has 0 atom stereocenters. The maximum absolute atomic E-state index is 11.8. The lowest BCUT2D eigenvalue weighted by Crippen LogP contribution is -2.49. The number of nitrogens with zero attached hydrogens (tertiary/aromatic N) is 2. The van der Waals surface area contributed by atoms with E-state index in [1.165, 1.54) is 31.5 Å². The van der Waals surface area contributed by atoms with Crippen LogP contribution in [0.4, 0.5) is 10.5 Å². The average Bonchev–Trinajstić information content (AvgIpc) is 2.55. The molecule has 5 heteroatoms. The van der Waals surface area contributed by atoms with Crippen LogP contribution in [0.3, 0.4) is 0 Å². The predicted octanol–water partition coefficient (Wildman–Crippen LogP) is 2.33. The second kappa shape index (κ2) is 6.48. The maximum atomic E-state index is 11.8. The van der Waals surface area contributed by atoms with Crippen molar-refractivity contribution in [1.29, 1.82) is 0 Å². The van der Waals surface area contributed by atoms with E-state index in [9.17, 15) is 9.59 Å². The van der Waals surface area contributed by atoms with Crippen molar-refractivity contribution < 1.29 is 9.59 Å². The largest absolute Gasteiger partial charge is 0.328 e. The SMILES string of the molecule is CCN1CCC(c2ccc(N3CCC(=O)NC3=O)cc2)CC1. The fraction of sp³-hybridized carbons (Fsp3) is 0.529. The van der Waals surface area contributed by atoms with Gasteiger partial charge < -0.3 is 4.90 Å². The van der Waals surface area contributed by atoms with E-state index in [1.807, 2.05) is 12.1 Å². The van der Waals surface area contributed by atoms with Gasteiger partial charge in [-0.25, -0.2) is 4.79 Å². The molecule has 0 spiro atoms. The Bertz CT molecular complexity index is 548. The average molecular weight is 301 g/mol. The molecule has 3 rings (SSSR count). The molecule has 2 fully saturated rings. The number of nitrogens with one attached hydrogen (secondary N) is 1. The molecule has 2 heterocycles. The molecule has 0 aromatic heterocycles. The highest BCUT2D eigenvalue weighted by atomic mass is 16.2. The number of likely N-dealkylation sites (tertiary alicyclic amines) is 1. The van der Waals surface area contributed by atoms with E-state index in [0.29, 0.717) is 18.9 Å². The summed E-state index contributed by atoms with van der Waals surface area (Å²) in [5, 5.41) is 2.36. The van der Waals surface area contributed by atoms with Crippen LogP contribution in [0.1, 0.15) is 37.7 Å². The summed E-state index contributed by atoms with van der Waals surface area (Å²) in [6, 6.07) is 7.94.